The van der Waals surface area contributed by atoms with E-state index in [0.717, 1.165) is 11.3 Å². The van der Waals surface area contributed by atoms with Crippen LogP contribution in [0, 0.1) is 0 Å². The summed E-state index contributed by atoms with van der Waals surface area (Å²) in [6, 6.07) is 12.3. The van der Waals surface area contributed by atoms with E-state index in [4.69, 9.17) is 25.8 Å². The van der Waals surface area contributed by atoms with E-state index in [1.54, 1.807) is 12.1 Å². The fourth-order valence-corrected chi connectivity index (χ4v) is 4.35. The minimum absolute atomic E-state index is 0.283. The lowest BCUT2D eigenvalue weighted by atomic mass is 9.83. The van der Waals surface area contributed by atoms with Crippen LogP contribution in [0.1, 0.15) is 23.6 Å². The zero-order valence-corrected chi connectivity index (χ0v) is 17.6. The molecule has 8 nitrogen and oxygen atoms in total. The van der Waals surface area contributed by atoms with Crippen LogP contribution in [0.4, 0.5) is 0 Å². The predicted molar refractivity (Wildman–Crippen MR) is 110 cm³/mol. The van der Waals surface area contributed by atoms with Crippen molar-refractivity contribution in [2.45, 2.75) is 49.3 Å². The number of hydrogen-bond acceptors (Lipinski definition) is 8. The third-order valence-electron chi connectivity index (χ3n) is 5.91. The van der Waals surface area contributed by atoms with Gasteiger partial charge in [0.05, 0.1) is 13.2 Å². The van der Waals surface area contributed by atoms with Crippen LogP contribution in [0.3, 0.4) is 0 Å². The van der Waals surface area contributed by atoms with Crippen LogP contribution in [0.15, 0.2) is 42.5 Å². The second-order valence-corrected chi connectivity index (χ2v) is 8.20. The molecule has 0 aromatic heterocycles. The highest BCUT2D eigenvalue weighted by Crippen LogP contribution is 2.52. The molecule has 2 bridgehead atoms. The summed E-state index contributed by atoms with van der Waals surface area (Å²) in [4.78, 5) is 0. The average molecular weight is 453 g/mol. The standard InChI is InChI=1S/C22H25ClO8/c1-2-29-15-6-3-12(4-7-15)9-13-10-14(5-8-16(13)23)22-19(27)17(25)18(26)21(11-24,31-22)20(28)30-22/h3-8,10,17-20,24-28H,2,9,11H2,1H3/t17-,18-,19+,20?,21+,22-/m0/s1. The molecule has 5 N–H and O–H groups in total. The Morgan fingerprint density at radius 3 is 2.39 bits per heavy atom. The molecule has 2 heterocycles. The summed E-state index contributed by atoms with van der Waals surface area (Å²) < 4.78 is 16.7. The van der Waals surface area contributed by atoms with E-state index in [1.807, 2.05) is 31.2 Å². The topological polar surface area (TPSA) is 129 Å². The van der Waals surface area contributed by atoms with E-state index < -0.39 is 42.6 Å². The van der Waals surface area contributed by atoms with Gasteiger partial charge in [-0.15, -0.1) is 0 Å². The number of ether oxygens (including phenoxy) is 3. The summed E-state index contributed by atoms with van der Waals surface area (Å²) in [5.41, 5.74) is -0.0647. The SMILES string of the molecule is CCOc1ccc(Cc2cc([C@]34OC(O)[C@](CO)(O3)[C@@H](O)[C@H](O)[C@H]4O)ccc2Cl)cc1. The van der Waals surface area contributed by atoms with Crippen molar-refractivity contribution in [3.05, 3.63) is 64.2 Å². The number of fused-ring (bicyclic) bond motifs is 2. The molecular formula is C22H25ClO8. The van der Waals surface area contributed by atoms with Gasteiger partial charge in [0.25, 0.3) is 0 Å². The Labute approximate surface area is 184 Å². The average Bonchev–Trinajstić information content (AvgIpc) is 3.06. The molecule has 31 heavy (non-hydrogen) atoms. The van der Waals surface area contributed by atoms with Crippen molar-refractivity contribution < 1.29 is 39.7 Å². The van der Waals surface area contributed by atoms with Crippen LogP contribution < -0.4 is 4.74 Å². The van der Waals surface area contributed by atoms with Gasteiger partial charge in [-0.2, -0.15) is 0 Å². The smallest absolute Gasteiger partial charge is 0.227 e. The Balaban J connectivity index is 1.69. The van der Waals surface area contributed by atoms with E-state index in [2.05, 4.69) is 0 Å². The van der Waals surface area contributed by atoms with Gasteiger partial charge in [-0.05, 0) is 48.7 Å². The summed E-state index contributed by atoms with van der Waals surface area (Å²) in [7, 11) is 0. The summed E-state index contributed by atoms with van der Waals surface area (Å²) >= 11 is 6.39. The van der Waals surface area contributed by atoms with Gasteiger partial charge in [-0.3, -0.25) is 0 Å². The van der Waals surface area contributed by atoms with Gasteiger partial charge in [-0.25, -0.2) is 0 Å². The van der Waals surface area contributed by atoms with Gasteiger partial charge in [0.1, 0.15) is 24.1 Å². The van der Waals surface area contributed by atoms with E-state index in [9.17, 15) is 25.5 Å². The number of hydrogen-bond donors (Lipinski definition) is 5. The Kier molecular flexibility index (Phi) is 6.01. The van der Waals surface area contributed by atoms with E-state index in [0.29, 0.717) is 23.6 Å². The van der Waals surface area contributed by atoms with Crippen molar-refractivity contribution in [2.24, 2.45) is 0 Å². The van der Waals surface area contributed by atoms with Crippen molar-refractivity contribution in [3.63, 3.8) is 0 Å². The molecule has 2 aromatic rings. The van der Waals surface area contributed by atoms with Crippen LogP contribution in [0.25, 0.3) is 0 Å². The molecule has 0 aliphatic carbocycles. The van der Waals surface area contributed by atoms with Crippen molar-refractivity contribution >= 4 is 11.6 Å². The van der Waals surface area contributed by atoms with Crippen LogP contribution in [-0.4, -0.2) is 68.9 Å². The fraction of sp³-hybridized carbons (Fsp3) is 0.455. The van der Waals surface area contributed by atoms with Crippen molar-refractivity contribution in [1.29, 1.82) is 0 Å². The molecule has 0 radical (unpaired) electrons. The molecular weight excluding hydrogens is 428 g/mol. The minimum atomic E-state index is -1.99. The summed E-state index contributed by atoms with van der Waals surface area (Å²) in [5.74, 6) is -1.23. The largest absolute Gasteiger partial charge is 0.494 e. The molecule has 6 atom stereocenters. The summed E-state index contributed by atoms with van der Waals surface area (Å²) in [5, 5.41) is 52.0. The fourth-order valence-electron chi connectivity index (χ4n) is 4.16. The van der Waals surface area contributed by atoms with Crippen LogP contribution in [0.5, 0.6) is 5.75 Å². The number of benzene rings is 2. The first kappa shape index (κ1) is 22.4. The Morgan fingerprint density at radius 1 is 1.03 bits per heavy atom. The lowest BCUT2D eigenvalue weighted by Crippen LogP contribution is -2.66. The zero-order valence-electron chi connectivity index (χ0n) is 16.8. The van der Waals surface area contributed by atoms with E-state index in [-0.39, 0.29) is 5.56 Å². The molecule has 0 spiro atoms. The number of halogens is 1. The normalized spacial score (nSPS) is 34.7. The molecule has 4 rings (SSSR count). The first-order chi connectivity index (χ1) is 14.8. The summed E-state index contributed by atoms with van der Waals surface area (Å²) in [6.07, 6.45) is -6.52. The lowest BCUT2D eigenvalue weighted by molar-refractivity contribution is -0.329. The maximum Gasteiger partial charge on any atom is 0.227 e. The van der Waals surface area contributed by atoms with Crippen LogP contribution >= 0.6 is 11.6 Å². The Hall–Kier alpha value is -1.75. The Bertz CT molecular complexity index is 938. The molecule has 168 valence electrons. The number of aliphatic hydroxyl groups is 5. The van der Waals surface area contributed by atoms with Gasteiger partial charge < -0.3 is 39.7 Å². The third kappa shape index (κ3) is 3.53. The first-order valence-electron chi connectivity index (χ1n) is 9.99. The molecule has 2 aromatic carbocycles. The maximum absolute atomic E-state index is 10.7. The minimum Gasteiger partial charge on any atom is -0.494 e. The van der Waals surface area contributed by atoms with Gasteiger partial charge in [0.15, 0.2) is 11.9 Å². The van der Waals surface area contributed by atoms with Gasteiger partial charge in [0, 0.05) is 10.6 Å². The van der Waals surface area contributed by atoms with E-state index in [1.165, 1.54) is 6.07 Å². The maximum atomic E-state index is 10.7. The second-order valence-electron chi connectivity index (χ2n) is 7.79. The molecule has 2 fully saturated rings. The van der Waals surface area contributed by atoms with Crippen molar-refractivity contribution in [1.82, 2.24) is 0 Å². The molecule has 0 saturated carbocycles. The van der Waals surface area contributed by atoms with Crippen molar-refractivity contribution in [3.8, 4) is 5.75 Å². The number of aliphatic hydroxyl groups excluding tert-OH is 5. The molecule has 9 heteroatoms. The van der Waals surface area contributed by atoms with Crippen LogP contribution in [0.2, 0.25) is 5.02 Å². The molecule has 2 aliphatic heterocycles. The third-order valence-corrected chi connectivity index (χ3v) is 6.28. The monoisotopic (exact) mass is 452 g/mol. The van der Waals surface area contributed by atoms with Crippen molar-refractivity contribution in [2.75, 3.05) is 13.2 Å². The highest BCUT2D eigenvalue weighted by molar-refractivity contribution is 6.31. The predicted octanol–water partition coefficient (Wildman–Crippen LogP) is 0.675. The van der Waals surface area contributed by atoms with Gasteiger partial charge in [0.2, 0.25) is 5.79 Å². The van der Waals surface area contributed by atoms with Gasteiger partial charge in [-0.1, -0.05) is 29.8 Å². The Morgan fingerprint density at radius 2 is 1.74 bits per heavy atom. The highest BCUT2D eigenvalue weighted by Gasteiger charge is 2.71. The molecule has 2 aliphatic rings. The lowest BCUT2D eigenvalue weighted by Gasteiger charge is -2.45. The summed E-state index contributed by atoms with van der Waals surface area (Å²) in [6.45, 7) is 1.65. The number of rotatable bonds is 6. The quantitative estimate of drug-likeness (QED) is 0.432. The van der Waals surface area contributed by atoms with E-state index >= 15 is 0 Å². The highest BCUT2D eigenvalue weighted by atomic mass is 35.5. The first-order valence-corrected chi connectivity index (χ1v) is 10.4. The van der Waals surface area contributed by atoms with Crippen LogP contribution in [-0.2, 0) is 21.7 Å². The zero-order chi connectivity index (χ0) is 22.4. The second kappa shape index (κ2) is 8.31. The van der Waals surface area contributed by atoms with Gasteiger partial charge >= 0.3 is 0 Å². The molecule has 1 unspecified atom stereocenters. The molecule has 0 amide bonds. The molecule has 2 saturated heterocycles.